The lowest BCUT2D eigenvalue weighted by molar-refractivity contribution is 0.102. The lowest BCUT2D eigenvalue weighted by Gasteiger charge is -2.23. The maximum absolute atomic E-state index is 12.5. The van der Waals surface area contributed by atoms with E-state index in [2.05, 4.69) is 27.1 Å². The van der Waals surface area contributed by atoms with E-state index in [-0.39, 0.29) is 5.91 Å². The minimum Gasteiger partial charge on any atom is -0.356 e. The van der Waals surface area contributed by atoms with Crippen molar-refractivity contribution in [3.8, 4) is 0 Å². The van der Waals surface area contributed by atoms with Crippen LogP contribution in [0.4, 0.5) is 11.5 Å². The van der Waals surface area contributed by atoms with Gasteiger partial charge in [-0.3, -0.25) is 4.79 Å². The number of hydrogen-bond donors (Lipinski definition) is 2. The monoisotopic (exact) mass is 339 g/mol. The van der Waals surface area contributed by atoms with Gasteiger partial charge in [-0.15, -0.1) is 0 Å². The average molecular weight is 339 g/mol. The molecule has 0 atom stereocenters. The normalized spacial score (nSPS) is 13.5. The molecule has 132 valence electrons. The molecule has 2 aromatic rings. The van der Waals surface area contributed by atoms with Gasteiger partial charge in [-0.25, -0.2) is 9.97 Å². The van der Waals surface area contributed by atoms with Crippen molar-refractivity contribution in [2.45, 2.75) is 32.7 Å². The van der Waals surface area contributed by atoms with E-state index >= 15 is 0 Å². The number of hydrogen-bond acceptors (Lipinski definition) is 5. The number of aromatic nitrogens is 2. The molecule has 0 saturated heterocycles. The fraction of sp³-hybridized carbons (Fsp3) is 0.421. The molecule has 0 aliphatic heterocycles. The first-order valence-corrected chi connectivity index (χ1v) is 8.87. The molecule has 1 fully saturated rings. The van der Waals surface area contributed by atoms with Gasteiger partial charge in [0.25, 0.3) is 5.91 Å². The van der Waals surface area contributed by atoms with Crippen molar-refractivity contribution in [1.82, 2.24) is 9.97 Å². The third-order valence-corrected chi connectivity index (χ3v) is 4.33. The van der Waals surface area contributed by atoms with Crippen LogP contribution in [0.2, 0.25) is 0 Å². The van der Waals surface area contributed by atoms with Gasteiger partial charge in [0.05, 0.1) is 0 Å². The average Bonchev–Trinajstić information content (AvgIpc) is 3.46. The van der Waals surface area contributed by atoms with E-state index < -0.39 is 0 Å². The van der Waals surface area contributed by atoms with Crippen LogP contribution < -0.4 is 16.0 Å². The summed E-state index contributed by atoms with van der Waals surface area (Å²) in [5.74, 6) is 1.36. The second-order valence-corrected chi connectivity index (χ2v) is 6.51. The summed E-state index contributed by atoms with van der Waals surface area (Å²) in [6.45, 7) is 4.58. The van der Waals surface area contributed by atoms with Gasteiger partial charge < -0.3 is 16.0 Å². The number of rotatable bonds is 8. The Morgan fingerprint density at radius 3 is 2.68 bits per heavy atom. The predicted molar refractivity (Wildman–Crippen MR) is 99.5 cm³/mol. The second kappa shape index (κ2) is 8.07. The largest absolute Gasteiger partial charge is 0.356 e. The number of nitrogens with two attached hydrogens (primary N) is 1. The zero-order chi connectivity index (χ0) is 17.6. The van der Waals surface area contributed by atoms with E-state index in [9.17, 15) is 4.79 Å². The Balaban J connectivity index is 1.71. The fourth-order valence-corrected chi connectivity index (χ4v) is 2.74. The molecule has 6 heteroatoms. The minimum absolute atomic E-state index is 0.230. The van der Waals surface area contributed by atoms with Crippen molar-refractivity contribution < 1.29 is 4.79 Å². The van der Waals surface area contributed by atoms with E-state index in [1.165, 1.54) is 19.2 Å². The standard InChI is InChI=1S/C19H25N5O/c1-2-9-24(12-15-3-4-15)18-10-17(21-13-22-18)19(25)23-16-7-5-14(11-20)6-8-16/h5-8,10,13,15H,2-4,9,11-12,20H2,1H3,(H,23,25). The van der Waals surface area contributed by atoms with Crippen molar-refractivity contribution in [3.05, 3.63) is 47.9 Å². The van der Waals surface area contributed by atoms with Crippen molar-refractivity contribution in [3.63, 3.8) is 0 Å². The molecule has 0 unspecified atom stereocenters. The molecule has 3 rings (SSSR count). The number of carbonyl (C=O) groups excluding carboxylic acids is 1. The smallest absolute Gasteiger partial charge is 0.274 e. The van der Waals surface area contributed by atoms with Crippen LogP contribution in [0.25, 0.3) is 0 Å². The summed E-state index contributed by atoms with van der Waals surface area (Å²) in [6.07, 6.45) is 5.10. The number of nitrogens with one attached hydrogen (secondary N) is 1. The van der Waals surface area contributed by atoms with Gasteiger partial charge in [-0.05, 0) is 42.9 Å². The quantitative estimate of drug-likeness (QED) is 0.772. The number of nitrogens with zero attached hydrogens (tertiary/aromatic N) is 3. The molecule has 3 N–H and O–H groups in total. The SMILES string of the molecule is CCCN(CC1CC1)c1cc(C(=O)Nc2ccc(CN)cc2)ncn1. The van der Waals surface area contributed by atoms with Gasteiger partial charge in [0.15, 0.2) is 0 Å². The summed E-state index contributed by atoms with van der Waals surface area (Å²) in [4.78, 5) is 23.3. The van der Waals surface area contributed by atoms with Crippen LogP contribution in [0.1, 0.15) is 42.2 Å². The maximum Gasteiger partial charge on any atom is 0.274 e. The maximum atomic E-state index is 12.5. The molecule has 1 aromatic carbocycles. The molecular formula is C19H25N5O. The Morgan fingerprint density at radius 2 is 2.04 bits per heavy atom. The van der Waals surface area contributed by atoms with Crippen molar-refractivity contribution in [2.24, 2.45) is 11.7 Å². The van der Waals surface area contributed by atoms with Crippen LogP contribution in [0.5, 0.6) is 0 Å². The zero-order valence-corrected chi connectivity index (χ0v) is 14.6. The van der Waals surface area contributed by atoms with Gasteiger partial charge in [0.2, 0.25) is 0 Å². The first-order chi connectivity index (χ1) is 12.2. The molecule has 6 nitrogen and oxygen atoms in total. The highest BCUT2D eigenvalue weighted by atomic mass is 16.1. The topological polar surface area (TPSA) is 84.1 Å². The van der Waals surface area contributed by atoms with Crippen molar-refractivity contribution >= 4 is 17.4 Å². The Morgan fingerprint density at radius 1 is 1.28 bits per heavy atom. The molecule has 25 heavy (non-hydrogen) atoms. The zero-order valence-electron chi connectivity index (χ0n) is 14.6. The fourth-order valence-electron chi connectivity index (χ4n) is 2.74. The summed E-state index contributed by atoms with van der Waals surface area (Å²) in [7, 11) is 0. The first kappa shape index (κ1) is 17.4. The third kappa shape index (κ3) is 4.76. The Kier molecular flexibility index (Phi) is 5.60. The number of benzene rings is 1. The van der Waals surface area contributed by atoms with Crippen molar-refractivity contribution in [1.29, 1.82) is 0 Å². The number of anilines is 2. The molecule has 1 aromatic heterocycles. The van der Waals surface area contributed by atoms with E-state index in [1.54, 1.807) is 6.07 Å². The summed E-state index contributed by atoms with van der Waals surface area (Å²) < 4.78 is 0. The van der Waals surface area contributed by atoms with E-state index in [0.717, 1.165) is 42.5 Å². The first-order valence-electron chi connectivity index (χ1n) is 8.87. The van der Waals surface area contributed by atoms with Crippen LogP contribution in [0, 0.1) is 5.92 Å². The van der Waals surface area contributed by atoms with Crippen LogP contribution in [-0.4, -0.2) is 29.0 Å². The van der Waals surface area contributed by atoms with Crippen LogP contribution in [0.15, 0.2) is 36.7 Å². The van der Waals surface area contributed by atoms with Crippen LogP contribution >= 0.6 is 0 Å². The van der Waals surface area contributed by atoms with E-state index in [0.29, 0.717) is 12.2 Å². The highest BCUT2D eigenvalue weighted by Gasteiger charge is 2.25. The molecule has 1 amide bonds. The van der Waals surface area contributed by atoms with Gasteiger partial charge in [-0.2, -0.15) is 0 Å². The van der Waals surface area contributed by atoms with Gasteiger partial charge >= 0.3 is 0 Å². The summed E-state index contributed by atoms with van der Waals surface area (Å²) >= 11 is 0. The third-order valence-electron chi connectivity index (χ3n) is 4.33. The highest BCUT2D eigenvalue weighted by Crippen LogP contribution is 2.31. The molecule has 1 heterocycles. The highest BCUT2D eigenvalue weighted by molar-refractivity contribution is 6.03. The minimum atomic E-state index is -0.230. The number of amides is 1. The molecule has 1 aliphatic carbocycles. The van der Waals surface area contributed by atoms with Crippen LogP contribution in [-0.2, 0) is 6.54 Å². The van der Waals surface area contributed by atoms with E-state index in [1.807, 2.05) is 24.3 Å². The lowest BCUT2D eigenvalue weighted by atomic mass is 10.2. The Bertz CT molecular complexity index is 712. The summed E-state index contributed by atoms with van der Waals surface area (Å²) in [6, 6.07) is 9.28. The molecule has 0 spiro atoms. The summed E-state index contributed by atoms with van der Waals surface area (Å²) in [5.41, 5.74) is 7.72. The van der Waals surface area contributed by atoms with Gasteiger partial charge in [0, 0.05) is 31.4 Å². The predicted octanol–water partition coefficient (Wildman–Crippen LogP) is 2.81. The molecule has 1 aliphatic rings. The van der Waals surface area contributed by atoms with Crippen molar-refractivity contribution in [2.75, 3.05) is 23.3 Å². The molecular weight excluding hydrogens is 314 g/mol. The van der Waals surface area contributed by atoms with Gasteiger partial charge in [0.1, 0.15) is 17.8 Å². The molecule has 0 bridgehead atoms. The summed E-state index contributed by atoms with van der Waals surface area (Å²) in [5, 5.41) is 2.87. The lowest BCUT2D eigenvalue weighted by Crippen LogP contribution is -2.28. The molecule has 1 saturated carbocycles. The Labute approximate surface area is 148 Å². The van der Waals surface area contributed by atoms with Crippen LogP contribution in [0.3, 0.4) is 0 Å². The van der Waals surface area contributed by atoms with Gasteiger partial charge in [-0.1, -0.05) is 19.1 Å². The second-order valence-electron chi connectivity index (χ2n) is 6.51. The number of carbonyl (C=O) groups is 1. The molecule has 0 radical (unpaired) electrons. The Hall–Kier alpha value is -2.47. The van der Waals surface area contributed by atoms with E-state index in [4.69, 9.17) is 5.73 Å².